The maximum absolute atomic E-state index is 11.9. The van der Waals surface area contributed by atoms with E-state index < -0.39 is 5.97 Å². The number of aromatic carboxylic acids is 1. The molecular weight excluding hydrogens is 470 g/mol. The number of aromatic nitrogens is 1. The summed E-state index contributed by atoms with van der Waals surface area (Å²) in [6.45, 7) is 3.93. The van der Waals surface area contributed by atoms with Crippen molar-refractivity contribution in [2.45, 2.75) is 69.9 Å². The van der Waals surface area contributed by atoms with Crippen molar-refractivity contribution in [3.63, 3.8) is 0 Å². The van der Waals surface area contributed by atoms with Gasteiger partial charge in [-0.15, -0.1) is 0 Å². The Hall–Kier alpha value is -2.50. The Labute approximate surface area is 218 Å². The van der Waals surface area contributed by atoms with Gasteiger partial charge >= 0.3 is 5.97 Å². The number of carboxylic acid groups (broad SMARTS) is 1. The first-order chi connectivity index (χ1) is 17.5. The lowest BCUT2D eigenvalue weighted by Gasteiger charge is -2.28. The molecule has 1 saturated carbocycles. The van der Waals surface area contributed by atoms with Crippen LogP contribution in [0.5, 0.6) is 0 Å². The van der Waals surface area contributed by atoms with Gasteiger partial charge in [-0.25, -0.2) is 4.79 Å². The molecular formula is C30H36ClN3O2. The Bertz CT molecular complexity index is 1290. The van der Waals surface area contributed by atoms with E-state index in [0.29, 0.717) is 17.5 Å². The standard InChI is InChI=1S/C30H36ClN3O2/c1-32-14-5-8-23(32)13-15-33-16-17-34-27-18-21(30(35)36)9-11-24(27)28(20-6-3-2-4-7-20)29(34)25-12-10-22(31)19-26(25)33/h9-12,18-20,23H,2-8,13-17H2,1H3,(H,35,36). The van der Waals surface area contributed by atoms with E-state index in [4.69, 9.17) is 11.6 Å². The number of benzene rings is 2. The zero-order valence-electron chi connectivity index (χ0n) is 21.2. The van der Waals surface area contributed by atoms with Gasteiger partial charge in [0.1, 0.15) is 0 Å². The molecule has 1 N–H and O–H groups in total. The molecule has 2 aliphatic heterocycles. The summed E-state index contributed by atoms with van der Waals surface area (Å²) in [5.41, 5.74) is 6.59. The van der Waals surface area contributed by atoms with Crippen LogP contribution >= 0.6 is 11.6 Å². The van der Waals surface area contributed by atoms with E-state index in [0.717, 1.165) is 36.6 Å². The lowest BCUT2D eigenvalue weighted by atomic mass is 9.81. The number of halogens is 1. The third-order valence-corrected chi connectivity index (χ3v) is 9.15. The topological polar surface area (TPSA) is 48.7 Å². The smallest absolute Gasteiger partial charge is 0.335 e. The van der Waals surface area contributed by atoms with Gasteiger partial charge in [-0.05, 0) is 87.5 Å². The summed E-state index contributed by atoms with van der Waals surface area (Å²) in [5, 5.41) is 11.7. The summed E-state index contributed by atoms with van der Waals surface area (Å²) in [7, 11) is 2.25. The molecule has 36 heavy (non-hydrogen) atoms. The molecule has 3 aromatic rings. The normalized spacial score (nSPS) is 20.9. The lowest BCUT2D eigenvalue weighted by Crippen LogP contribution is -2.33. The SMILES string of the molecule is CN1CCCC1CCN1CCn2c(c(C3CCCCC3)c3ccc(C(=O)O)cc32)-c2ccc(Cl)cc21. The molecule has 5 nitrogen and oxygen atoms in total. The second-order valence-corrected chi connectivity index (χ2v) is 11.4. The van der Waals surface area contributed by atoms with E-state index in [-0.39, 0.29) is 0 Å². The fourth-order valence-corrected chi connectivity index (χ4v) is 7.19. The van der Waals surface area contributed by atoms with Gasteiger partial charge < -0.3 is 19.5 Å². The first-order valence-electron chi connectivity index (χ1n) is 13.7. The van der Waals surface area contributed by atoms with Gasteiger partial charge in [-0.2, -0.15) is 0 Å². The molecule has 6 rings (SSSR count). The quantitative estimate of drug-likeness (QED) is 0.405. The molecule has 1 aromatic heterocycles. The molecule has 0 bridgehead atoms. The Kier molecular flexibility index (Phi) is 6.47. The van der Waals surface area contributed by atoms with Crippen LogP contribution in [0.3, 0.4) is 0 Å². The summed E-state index contributed by atoms with van der Waals surface area (Å²) in [5.74, 6) is -0.356. The zero-order valence-corrected chi connectivity index (χ0v) is 21.9. The highest BCUT2D eigenvalue weighted by Gasteiger charge is 2.31. The number of nitrogens with zero attached hydrogens (tertiary/aromatic N) is 3. The summed E-state index contributed by atoms with van der Waals surface area (Å²) >= 11 is 6.59. The lowest BCUT2D eigenvalue weighted by molar-refractivity contribution is 0.0697. The highest BCUT2D eigenvalue weighted by atomic mass is 35.5. The van der Waals surface area contributed by atoms with Crippen LogP contribution in [-0.2, 0) is 6.54 Å². The molecule has 190 valence electrons. The number of anilines is 1. The largest absolute Gasteiger partial charge is 0.478 e. The predicted octanol–water partition coefficient (Wildman–Crippen LogP) is 7.01. The third kappa shape index (κ3) is 4.20. The fraction of sp³-hybridized carbons (Fsp3) is 0.500. The molecule has 0 radical (unpaired) electrons. The predicted molar refractivity (Wildman–Crippen MR) is 148 cm³/mol. The Morgan fingerprint density at radius 2 is 1.83 bits per heavy atom. The van der Waals surface area contributed by atoms with Crippen LogP contribution in [-0.4, -0.2) is 53.3 Å². The summed E-state index contributed by atoms with van der Waals surface area (Å²) < 4.78 is 2.42. The minimum Gasteiger partial charge on any atom is -0.478 e. The third-order valence-electron chi connectivity index (χ3n) is 8.92. The van der Waals surface area contributed by atoms with Crippen molar-refractivity contribution in [2.24, 2.45) is 0 Å². The number of carboxylic acids is 1. The number of rotatable bonds is 5. The first-order valence-corrected chi connectivity index (χ1v) is 14.0. The van der Waals surface area contributed by atoms with Gasteiger partial charge in [0.2, 0.25) is 0 Å². The number of hydrogen-bond acceptors (Lipinski definition) is 3. The highest BCUT2D eigenvalue weighted by Crippen LogP contribution is 2.48. The molecule has 3 aliphatic rings. The fourth-order valence-electron chi connectivity index (χ4n) is 7.03. The van der Waals surface area contributed by atoms with Gasteiger partial charge in [0, 0.05) is 52.9 Å². The number of fused-ring (bicyclic) bond motifs is 5. The van der Waals surface area contributed by atoms with E-state index in [1.807, 2.05) is 12.1 Å². The highest BCUT2D eigenvalue weighted by molar-refractivity contribution is 6.31. The van der Waals surface area contributed by atoms with Crippen LogP contribution in [0.1, 0.15) is 73.2 Å². The van der Waals surface area contributed by atoms with E-state index in [2.05, 4.69) is 39.6 Å². The summed E-state index contributed by atoms with van der Waals surface area (Å²) in [6, 6.07) is 12.8. The van der Waals surface area contributed by atoms with E-state index in [1.54, 1.807) is 6.07 Å². The van der Waals surface area contributed by atoms with E-state index >= 15 is 0 Å². The minimum atomic E-state index is -0.866. The Balaban J connectivity index is 1.50. The van der Waals surface area contributed by atoms with Crippen molar-refractivity contribution in [3.05, 3.63) is 52.5 Å². The molecule has 1 aliphatic carbocycles. The zero-order chi connectivity index (χ0) is 24.8. The van der Waals surface area contributed by atoms with Crippen molar-refractivity contribution in [2.75, 3.05) is 31.6 Å². The van der Waals surface area contributed by atoms with E-state index in [1.165, 1.54) is 79.4 Å². The molecule has 1 atom stereocenters. The Morgan fingerprint density at radius 3 is 2.58 bits per heavy atom. The van der Waals surface area contributed by atoms with Crippen LogP contribution in [0.15, 0.2) is 36.4 Å². The van der Waals surface area contributed by atoms with Crippen molar-refractivity contribution >= 4 is 34.2 Å². The molecule has 1 unspecified atom stereocenters. The van der Waals surface area contributed by atoms with Crippen LogP contribution in [0.4, 0.5) is 5.69 Å². The van der Waals surface area contributed by atoms with Crippen molar-refractivity contribution in [1.29, 1.82) is 0 Å². The Morgan fingerprint density at radius 1 is 1.00 bits per heavy atom. The average molecular weight is 506 g/mol. The van der Waals surface area contributed by atoms with Crippen molar-refractivity contribution < 1.29 is 9.90 Å². The monoisotopic (exact) mass is 505 g/mol. The number of likely N-dealkylation sites (tertiary alicyclic amines) is 1. The number of hydrogen-bond donors (Lipinski definition) is 1. The van der Waals surface area contributed by atoms with Crippen molar-refractivity contribution in [3.8, 4) is 11.3 Å². The summed E-state index contributed by atoms with van der Waals surface area (Å²) in [4.78, 5) is 16.9. The molecule has 2 fully saturated rings. The molecule has 1 saturated heterocycles. The second-order valence-electron chi connectivity index (χ2n) is 11.0. The summed E-state index contributed by atoms with van der Waals surface area (Å²) in [6.07, 6.45) is 9.96. The number of carbonyl (C=O) groups is 1. The minimum absolute atomic E-state index is 0.361. The van der Waals surface area contributed by atoms with Crippen LogP contribution < -0.4 is 4.90 Å². The van der Waals surface area contributed by atoms with Crippen LogP contribution in [0.25, 0.3) is 22.2 Å². The van der Waals surface area contributed by atoms with Crippen LogP contribution in [0, 0.1) is 0 Å². The molecule has 6 heteroatoms. The molecule has 0 amide bonds. The molecule has 3 heterocycles. The maximum Gasteiger partial charge on any atom is 0.335 e. The van der Waals surface area contributed by atoms with Crippen LogP contribution in [0.2, 0.25) is 5.02 Å². The first kappa shape index (κ1) is 23.9. The van der Waals surface area contributed by atoms with Gasteiger partial charge in [-0.3, -0.25) is 0 Å². The van der Waals surface area contributed by atoms with E-state index in [9.17, 15) is 9.90 Å². The average Bonchev–Trinajstić information content (AvgIpc) is 3.40. The second kappa shape index (κ2) is 9.75. The van der Waals surface area contributed by atoms with Gasteiger partial charge in [0.15, 0.2) is 0 Å². The van der Waals surface area contributed by atoms with Gasteiger partial charge in [0.05, 0.1) is 11.3 Å². The maximum atomic E-state index is 11.9. The van der Waals surface area contributed by atoms with Crippen molar-refractivity contribution in [1.82, 2.24) is 9.47 Å². The molecule has 0 spiro atoms. The van der Waals surface area contributed by atoms with Gasteiger partial charge in [0.25, 0.3) is 0 Å². The van der Waals surface area contributed by atoms with Gasteiger partial charge in [-0.1, -0.05) is 36.9 Å². The molecule has 2 aromatic carbocycles.